The molecule has 64 valence electrons. The van der Waals surface area contributed by atoms with Gasteiger partial charge in [-0.1, -0.05) is 27.2 Å². The van der Waals surface area contributed by atoms with E-state index in [4.69, 9.17) is 0 Å². The van der Waals surface area contributed by atoms with Gasteiger partial charge in [-0.2, -0.15) is 0 Å². The topological polar surface area (TPSA) is 0 Å². The molecular weight excluding hydrogens is 132 g/mol. The summed E-state index contributed by atoms with van der Waals surface area (Å²) in [6, 6.07) is 0. The van der Waals surface area contributed by atoms with Crippen molar-refractivity contribution in [3.63, 3.8) is 0 Å². The molecule has 11 heavy (non-hydrogen) atoms. The van der Waals surface area contributed by atoms with Crippen molar-refractivity contribution in [3.05, 3.63) is 17.9 Å². The lowest BCUT2D eigenvalue weighted by atomic mass is 9.91. The molecule has 0 heteroatoms. The fraction of sp³-hybridized carbons (Fsp3) is 0.727. The van der Waals surface area contributed by atoms with Crippen molar-refractivity contribution < 1.29 is 0 Å². The van der Waals surface area contributed by atoms with Crippen molar-refractivity contribution in [1.82, 2.24) is 0 Å². The lowest BCUT2D eigenvalue weighted by Gasteiger charge is -2.15. The van der Waals surface area contributed by atoms with Gasteiger partial charge in [-0.05, 0) is 37.3 Å². The van der Waals surface area contributed by atoms with Crippen molar-refractivity contribution in [1.29, 1.82) is 0 Å². The molecule has 0 fully saturated rings. The zero-order valence-corrected chi connectivity index (χ0v) is 8.22. The molecule has 0 nitrogen and oxygen atoms in total. The lowest BCUT2D eigenvalue weighted by molar-refractivity contribution is 0.380. The highest BCUT2D eigenvalue weighted by Crippen LogP contribution is 2.17. The lowest BCUT2D eigenvalue weighted by Crippen LogP contribution is -2.04. The summed E-state index contributed by atoms with van der Waals surface area (Å²) in [5, 5.41) is 0. The summed E-state index contributed by atoms with van der Waals surface area (Å²) >= 11 is 0. The van der Waals surface area contributed by atoms with Crippen molar-refractivity contribution in [2.45, 2.75) is 40.5 Å². The molecule has 0 N–H and O–H groups in total. The zero-order chi connectivity index (χ0) is 8.69. The highest BCUT2D eigenvalue weighted by Gasteiger charge is 2.06. The van der Waals surface area contributed by atoms with Crippen molar-refractivity contribution in [3.8, 4) is 0 Å². The number of rotatable bonds is 4. The predicted molar refractivity (Wildman–Crippen MR) is 51.6 cm³/mol. The molecule has 0 saturated heterocycles. The van der Waals surface area contributed by atoms with Crippen LogP contribution < -0.4 is 0 Å². The summed E-state index contributed by atoms with van der Waals surface area (Å²) in [5.41, 5.74) is 3.11. The summed E-state index contributed by atoms with van der Waals surface area (Å²) in [5.74, 6) is 1.64. The quantitative estimate of drug-likeness (QED) is 0.538. The van der Waals surface area contributed by atoms with Crippen molar-refractivity contribution in [2.24, 2.45) is 11.8 Å². The number of hydrogen-bond donors (Lipinski definition) is 0. The molecule has 0 amide bonds. The highest BCUT2D eigenvalue weighted by molar-refractivity contribution is 4.83. The van der Waals surface area contributed by atoms with Crippen LogP contribution in [0, 0.1) is 11.8 Å². The van der Waals surface area contributed by atoms with E-state index in [9.17, 15) is 0 Å². The van der Waals surface area contributed by atoms with Crippen LogP contribution in [-0.2, 0) is 0 Å². The van der Waals surface area contributed by atoms with Gasteiger partial charge in [0.25, 0.3) is 0 Å². The Labute approximate surface area is 71.0 Å². The van der Waals surface area contributed by atoms with Gasteiger partial charge in [0.2, 0.25) is 0 Å². The van der Waals surface area contributed by atoms with Gasteiger partial charge in [-0.25, -0.2) is 0 Å². The summed E-state index contributed by atoms with van der Waals surface area (Å²) in [6.07, 6.45) is 6.55. The fourth-order valence-electron chi connectivity index (χ4n) is 1.01. The minimum Gasteiger partial charge on any atom is -0.130 e. The van der Waals surface area contributed by atoms with Gasteiger partial charge in [-0.15, -0.1) is 5.73 Å². The van der Waals surface area contributed by atoms with E-state index >= 15 is 0 Å². The van der Waals surface area contributed by atoms with E-state index in [-0.39, 0.29) is 0 Å². The Morgan fingerprint density at radius 1 is 1.27 bits per heavy atom. The summed E-state index contributed by atoms with van der Waals surface area (Å²) in [7, 11) is 0. The molecule has 0 aromatic heterocycles. The van der Waals surface area contributed by atoms with Crippen LogP contribution in [0.2, 0.25) is 0 Å². The number of hydrogen-bond acceptors (Lipinski definition) is 0. The van der Waals surface area contributed by atoms with Crippen LogP contribution >= 0.6 is 0 Å². The molecule has 0 aromatic carbocycles. The molecule has 0 bridgehead atoms. The van der Waals surface area contributed by atoms with E-state index in [2.05, 4.69) is 32.6 Å². The molecule has 0 saturated carbocycles. The standard InChI is InChI=1S/C11H20/c1-5-7-8-9-11(4)10(3)6-2/h5,8,10-11H,6,9H2,1-4H3. The maximum absolute atomic E-state index is 3.11. The maximum atomic E-state index is 3.11. The molecule has 0 aromatic rings. The van der Waals surface area contributed by atoms with Gasteiger partial charge < -0.3 is 0 Å². The van der Waals surface area contributed by atoms with E-state index in [1.54, 1.807) is 0 Å². The molecular formula is C11H20. The van der Waals surface area contributed by atoms with E-state index in [0.717, 1.165) is 11.8 Å². The Kier molecular flexibility index (Phi) is 5.97. The second kappa shape index (κ2) is 6.24. The SMILES string of the molecule is CC=C=CCC(C)C(C)CC. The van der Waals surface area contributed by atoms with Crippen molar-refractivity contribution in [2.75, 3.05) is 0 Å². The van der Waals surface area contributed by atoms with Crippen LogP contribution in [0.1, 0.15) is 40.5 Å². The van der Waals surface area contributed by atoms with Gasteiger partial charge in [0, 0.05) is 0 Å². The first-order valence-corrected chi connectivity index (χ1v) is 4.57. The van der Waals surface area contributed by atoms with Crippen LogP contribution in [0.15, 0.2) is 17.9 Å². The molecule has 0 rings (SSSR count). The van der Waals surface area contributed by atoms with Crippen LogP contribution in [0.3, 0.4) is 0 Å². The second-order valence-corrected chi connectivity index (χ2v) is 3.26. The Morgan fingerprint density at radius 3 is 2.36 bits per heavy atom. The molecule has 2 unspecified atom stereocenters. The molecule has 2 atom stereocenters. The van der Waals surface area contributed by atoms with E-state index in [0.29, 0.717) is 0 Å². The summed E-state index contributed by atoms with van der Waals surface area (Å²) in [6.45, 7) is 8.88. The minimum absolute atomic E-state index is 0.799. The second-order valence-electron chi connectivity index (χ2n) is 3.26. The molecule has 0 heterocycles. The van der Waals surface area contributed by atoms with Crippen LogP contribution in [0.5, 0.6) is 0 Å². The third-order valence-electron chi connectivity index (χ3n) is 2.39. The molecule has 0 spiro atoms. The highest BCUT2D eigenvalue weighted by atomic mass is 14.1. The first-order chi connectivity index (χ1) is 5.22. The summed E-state index contributed by atoms with van der Waals surface area (Å²) in [4.78, 5) is 0. The van der Waals surface area contributed by atoms with Gasteiger partial charge in [0.05, 0.1) is 0 Å². The predicted octanol–water partition coefficient (Wildman–Crippen LogP) is 3.79. The van der Waals surface area contributed by atoms with Gasteiger partial charge in [-0.3, -0.25) is 0 Å². The monoisotopic (exact) mass is 152 g/mol. The van der Waals surface area contributed by atoms with Crippen LogP contribution in [0.4, 0.5) is 0 Å². The summed E-state index contributed by atoms with van der Waals surface area (Å²) < 4.78 is 0. The normalized spacial score (nSPS) is 14.9. The fourth-order valence-corrected chi connectivity index (χ4v) is 1.01. The third kappa shape index (κ3) is 4.86. The van der Waals surface area contributed by atoms with E-state index in [1.807, 2.05) is 13.0 Å². The Balaban J connectivity index is 3.68. The smallest absolute Gasteiger partial charge is 0.0246 e. The third-order valence-corrected chi connectivity index (χ3v) is 2.39. The van der Waals surface area contributed by atoms with Crippen molar-refractivity contribution >= 4 is 0 Å². The van der Waals surface area contributed by atoms with Gasteiger partial charge in [0.1, 0.15) is 0 Å². The molecule has 0 aliphatic carbocycles. The van der Waals surface area contributed by atoms with Gasteiger partial charge >= 0.3 is 0 Å². The van der Waals surface area contributed by atoms with Crippen LogP contribution in [-0.4, -0.2) is 0 Å². The van der Waals surface area contributed by atoms with Gasteiger partial charge in [0.15, 0.2) is 0 Å². The minimum atomic E-state index is 0.799. The Morgan fingerprint density at radius 2 is 1.91 bits per heavy atom. The maximum Gasteiger partial charge on any atom is -0.0246 e. The zero-order valence-electron chi connectivity index (χ0n) is 8.22. The van der Waals surface area contributed by atoms with Crippen LogP contribution in [0.25, 0.3) is 0 Å². The number of allylic oxidation sites excluding steroid dienone is 1. The van der Waals surface area contributed by atoms with E-state index < -0.39 is 0 Å². The first-order valence-electron chi connectivity index (χ1n) is 4.57. The average Bonchev–Trinajstić information content (AvgIpc) is 2.03. The van der Waals surface area contributed by atoms with E-state index in [1.165, 1.54) is 12.8 Å². The largest absolute Gasteiger partial charge is 0.130 e. The molecule has 0 aliphatic rings. The molecule has 0 radical (unpaired) electrons. The average molecular weight is 152 g/mol. The Hall–Kier alpha value is -0.480. The first kappa shape index (κ1) is 10.5. The Bertz CT molecular complexity index is 138. The molecule has 0 aliphatic heterocycles.